The quantitative estimate of drug-likeness (QED) is 0.151. The lowest BCUT2D eigenvalue weighted by atomic mass is 10.0. The van der Waals surface area contributed by atoms with Crippen molar-refractivity contribution in [2.75, 3.05) is 24.0 Å². The van der Waals surface area contributed by atoms with E-state index in [0.29, 0.717) is 18.9 Å². The van der Waals surface area contributed by atoms with E-state index in [9.17, 15) is 22.4 Å². The number of nitrogens with zero attached hydrogens (tertiary/aromatic N) is 2. The second kappa shape index (κ2) is 16.6. The standard InChI is InChI=1S/C36H40FN3O5S/c1-3-5-24-38-36(42)34(25-28-12-8-6-9-13-28)39(26-29-14-10-7-11-15-29)35(41)27-40(31-18-20-32(21-19-31)45-4-2)46(43,44)33-22-16-30(37)17-23-33/h6-23,34H,3-5,24-27H2,1-2H3,(H,38,42)/t34-/m0/s1. The third-order valence-electron chi connectivity index (χ3n) is 7.41. The molecule has 0 heterocycles. The van der Waals surface area contributed by atoms with Gasteiger partial charge in [0.15, 0.2) is 0 Å². The molecule has 1 atom stereocenters. The fraction of sp³-hybridized carbons (Fsp3) is 0.278. The maximum absolute atomic E-state index is 14.5. The number of carbonyl (C=O) groups excluding carboxylic acids is 2. The van der Waals surface area contributed by atoms with Gasteiger partial charge in [-0.05, 0) is 73.0 Å². The van der Waals surface area contributed by atoms with Crippen LogP contribution in [-0.2, 0) is 32.6 Å². The van der Waals surface area contributed by atoms with Crippen LogP contribution in [0.25, 0.3) is 0 Å². The van der Waals surface area contributed by atoms with Crippen LogP contribution < -0.4 is 14.4 Å². The van der Waals surface area contributed by atoms with E-state index in [4.69, 9.17) is 4.74 Å². The number of amides is 2. The molecular weight excluding hydrogens is 605 g/mol. The molecule has 46 heavy (non-hydrogen) atoms. The van der Waals surface area contributed by atoms with Crippen LogP contribution in [0.15, 0.2) is 114 Å². The van der Waals surface area contributed by atoms with Gasteiger partial charge in [-0.15, -0.1) is 0 Å². The van der Waals surface area contributed by atoms with Gasteiger partial charge in [0.25, 0.3) is 10.0 Å². The average Bonchev–Trinajstić information content (AvgIpc) is 3.07. The summed E-state index contributed by atoms with van der Waals surface area (Å²) >= 11 is 0. The molecule has 4 aromatic rings. The zero-order valence-electron chi connectivity index (χ0n) is 26.1. The zero-order valence-corrected chi connectivity index (χ0v) is 27.0. The number of nitrogens with one attached hydrogen (secondary N) is 1. The largest absolute Gasteiger partial charge is 0.494 e. The maximum Gasteiger partial charge on any atom is 0.264 e. The molecule has 0 saturated heterocycles. The number of anilines is 1. The van der Waals surface area contributed by atoms with Gasteiger partial charge in [-0.2, -0.15) is 0 Å². The molecule has 0 bridgehead atoms. The molecular formula is C36H40FN3O5S. The number of sulfonamides is 1. The van der Waals surface area contributed by atoms with Crippen LogP contribution in [0.4, 0.5) is 10.1 Å². The highest BCUT2D eigenvalue weighted by Crippen LogP contribution is 2.27. The Kier molecular flexibility index (Phi) is 12.3. The van der Waals surface area contributed by atoms with Crippen molar-refractivity contribution in [3.05, 3.63) is 126 Å². The van der Waals surface area contributed by atoms with Gasteiger partial charge in [0.05, 0.1) is 17.2 Å². The Balaban J connectivity index is 1.77. The third-order valence-corrected chi connectivity index (χ3v) is 9.20. The summed E-state index contributed by atoms with van der Waals surface area (Å²) < 4.78 is 48.4. The summed E-state index contributed by atoms with van der Waals surface area (Å²) in [5.74, 6) is -0.950. The molecule has 8 nitrogen and oxygen atoms in total. The van der Waals surface area contributed by atoms with Crippen molar-refractivity contribution in [1.29, 1.82) is 0 Å². The summed E-state index contributed by atoms with van der Waals surface area (Å²) in [6.07, 6.45) is 1.89. The van der Waals surface area contributed by atoms with Gasteiger partial charge in [0, 0.05) is 19.5 Å². The lowest BCUT2D eigenvalue weighted by molar-refractivity contribution is -0.140. The van der Waals surface area contributed by atoms with Crippen molar-refractivity contribution in [2.45, 2.75) is 50.6 Å². The second-order valence-electron chi connectivity index (χ2n) is 10.7. The molecule has 1 N–H and O–H groups in total. The lowest BCUT2D eigenvalue weighted by Gasteiger charge is -2.34. The highest BCUT2D eigenvalue weighted by atomic mass is 32.2. The number of hydrogen-bond donors (Lipinski definition) is 1. The van der Waals surface area contributed by atoms with Crippen LogP contribution in [0, 0.1) is 5.82 Å². The number of rotatable bonds is 16. The Morgan fingerprint density at radius 1 is 0.826 bits per heavy atom. The molecule has 0 aliphatic heterocycles. The molecule has 0 aliphatic carbocycles. The summed E-state index contributed by atoms with van der Waals surface area (Å²) in [7, 11) is -4.34. The molecule has 0 fully saturated rings. The van der Waals surface area contributed by atoms with Gasteiger partial charge < -0.3 is 15.0 Å². The van der Waals surface area contributed by atoms with E-state index in [0.717, 1.165) is 52.5 Å². The molecule has 0 spiro atoms. The fourth-order valence-corrected chi connectivity index (χ4v) is 6.39. The molecule has 0 aliphatic rings. The predicted octanol–water partition coefficient (Wildman–Crippen LogP) is 5.98. The monoisotopic (exact) mass is 645 g/mol. The second-order valence-corrected chi connectivity index (χ2v) is 12.6. The molecule has 10 heteroatoms. The van der Waals surface area contributed by atoms with Crippen molar-refractivity contribution in [3.8, 4) is 5.75 Å². The van der Waals surface area contributed by atoms with E-state index in [1.165, 1.54) is 4.90 Å². The van der Waals surface area contributed by atoms with E-state index in [2.05, 4.69) is 5.32 Å². The smallest absolute Gasteiger partial charge is 0.264 e. The van der Waals surface area contributed by atoms with Crippen molar-refractivity contribution in [1.82, 2.24) is 10.2 Å². The van der Waals surface area contributed by atoms with Crippen molar-refractivity contribution >= 4 is 27.5 Å². The van der Waals surface area contributed by atoms with Crippen LogP contribution >= 0.6 is 0 Å². The molecule has 4 rings (SSSR count). The minimum atomic E-state index is -4.34. The summed E-state index contributed by atoms with van der Waals surface area (Å²) in [5, 5.41) is 2.98. The molecule has 0 aromatic heterocycles. The van der Waals surface area contributed by atoms with E-state index < -0.39 is 34.3 Å². The first-order valence-electron chi connectivity index (χ1n) is 15.4. The topological polar surface area (TPSA) is 96.0 Å². The molecule has 0 radical (unpaired) electrons. The summed E-state index contributed by atoms with van der Waals surface area (Å²) in [6.45, 7) is 4.21. The summed E-state index contributed by atoms with van der Waals surface area (Å²) in [4.78, 5) is 29.5. The fourth-order valence-electron chi connectivity index (χ4n) is 4.98. The molecule has 0 saturated carbocycles. The lowest BCUT2D eigenvalue weighted by Crippen LogP contribution is -2.53. The number of carbonyl (C=O) groups is 2. The summed E-state index contributed by atoms with van der Waals surface area (Å²) in [5.41, 5.74) is 1.85. The zero-order chi connectivity index (χ0) is 32.9. The first kappa shape index (κ1) is 34.2. The van der Waals surface area contributed by atoms with E-state index in [1.807, 2.05) is 74.5 Å². The Morgan fingerprint density at radius 2 is 1.43 bits per heavy atom. The van der Waals surface area contributed by atoms with Crippen molar-refractivity contribution in [2.24, 2.45) is 0 Å². The van der Waals surface area contributed by atoms with Crippen molar-refractivity contribution in [3.63, 3.8) is 0 Å². The first-order valence-corrected chi connectivity index (χ1v) is 16.8. The number of benzene rings is 4. The van der Waals surface area contributed by atoms with E-state index in [1.54, 1.807) is 24.3 Å². The van der Waals surface area contributed by atoms with Gasteiger partial charge >= 0.3 is 0 Å². The van der Waals surface area contributed by atoms with Gasteiger partial charge in [-0.1, -0.05) is 74.0 Å². The normalized spacial score (nSPS) is 11.8. The molecule has 4 aromatic carbocycles. The Bertz CT molecular complexity index is 1650. The Hall–Kier alpha value is -4.70. The van der Waals surface area contributed by atoms with E-state index >= 15 is 0 Å². The molecule has 242 valence electrons. The van der Waals surface area contributed by atoms with Gasteiger partial charge in [-0.3, -0.25) is 13.9 Å². The highest BCUT2D eigenvalue weighted by Gasteiger charge is 2.34. The summed E-state index contributed by atoms with van der Waals surface area (Å²) in [6, 6.07) is 28.5. The van der Waals surface area contributed by atoms with Crippen LogP contribution in [0.5, 0.6) is 5.75 Å². The third kappa shape index (κ3) is 9.17. The van der Waals surface area contributed by atoms with E-state index in [-0.39, 0.29) is 29.5 Å². The minimum Gasteiger partial charge on any atom is -0.494 e. The Labute approximate surface area is 270 Å². The van der Waals surface area contributed by atoms with Gasteiger partial charge in [0.1, 0.15) is 24.2 Å². The van der Waals surface area contributed by atoms with Gasteiger partial charge in [-0.25, -0.2) is 12.8 Å². The average molecular weight is 646 g/mol. The maximum atomic E-state index is 14.5. The predicted molar refractivity (Wildman–Crippen MR) is 177 cm³/mol. The van der Waals surface area contributed by atoms with Crippen LogP contribution in [0.1, 0.15) is 37.8 Å². The van der Waals surface area contributed by atoms with Crippen LogP contribution in [0.3, 0.4) is 0 Å². The number of hydrogen-bond acceptors (Lipinski definition) is 5. The van der Waals surface area contributed by atoms with Crippen LogP contribution in [-0.4, -0.2) is 50.9 Å². The SMILES string of the molecule is CCCCNC(=O)[C@H](Cc1ccccc1)N(Cc1ccccc1)C(=O)CN(c1ccc(OCC)cc1)S(=O)(=O)c1ccc(F)cc1. The molecule has 0 unspecified atom stereocenters. The minimum absolute atomic E-state index is 0.0755. The molecule has 2 amide bonds. The number of halogens is 1. The Morgan fingerprint density at radius 3 is 2.02 bits per heavy atom. The number of ether oxygens (including phenoxy) is 1. The first-order chi connectivity index (χ1) is 22.2. The van der Waals surface area contributed by atoms with Crippen molar-refractivity contribution < 1.29 is 27.1 Å². The van der Waals surface area contributed by atoms with Crippen LogP contribution in [0.2, 0.25) is 0 Å². The van der Waals surface area contributed by atoms with Gasteiger partial charge in [0.2, 0.25) is 11.8 Å². The number of unbranched alkanes of at least 4 members (excludes halogenated alkanes) is 1. The highest BCUT2D eigenvalue weighted by molar-refractivity contribution is 7.92.